The monoisotopic (exact) mass is 364 g/mol. The molecule has 0 saturated carbocycles. The minimum Gasteiger partial charge on any atom is -0.493 e. The maximum Gasteiger partial charge on any atom is 0.333 e. The van der Waals surface area contributed by atoms with E-state index in [9.17, 15) is 9.59 Å². The van der Waals surface area contributed by atoms with Gasteiger partial charge in [0, 0.05) is 36.1 Å². The SMILES string of the molecule is Cn1cc(C(=O)NNC(=O)NC2CCOc3ccccc32)c2ccccc21. The molecule has 0 saturated heterocycles. The Morgan fingerprint density at radius 2 is 1.85 bits per heavy atom. The zero-order chi connectivity index (χ0) is 18.8. The molecule has 1 aliphatic rings. The predicted octanol–water partition coefficient (Wildman–Crippen LogP) is 2.65. The van der Waals surface area contributed by atoms with Crippen molar-refractivity contribution in [1.82, 2.24) is 20.7 Å². The summed E-state index contributed by atoms with van der Waals surface area (Å²) < 4.78 is 7.47. The Morgan fingerprint density at radius 3 is 2.74 bits per heavy atom. The normalized spacial score (nSPS) is 15.5. The minimum atomic E-state index is -0.467. The Kier molecular flexibility index (Phi) is 4.42. The van der Waals surface area contributed by atoms with Gasteiger partial charge in [0.1, 0.15) is 5.75 Å². The van der Waals surface area contributed by atoms with Crippen molar-refractivity contribution in [3.8, 4) is 5.75 Å². The molecule has 138 valence electrons. The van der Waals surface area contributed by atoms with Crippen LogP contribution >= 0.6 is 0 Å². The number of fused-ring (bicyclic) bond motifs is 2. The molecule has 2 heterocycles. The number of hydrazine groups is 1. The number of hydrogen-bond acceptors (Lipinski definition) is 3. The number of ether oxygens (including phenoxy) is 1. The molecule has 7 nitrogen and oxygen atoms in total. The van der Waals surface area contributed by atoms with Gasteiger partial charge in [0.05, 0.1) is 18.2 Å². The fourth-order valence-electron chi connectivity index (χ4n) is 3.39. The van der Waals surface area contributed by atoms with Crippen molar-refractivity contribution in [1.29, 1.82) is 0 Å². The van der Waals surface area contributed by atoms with Crippen LogP contribution in [0.1, 0.15) is 28.4 Å². The van der Waals surface area contributed by atoms with Crippen molar-refractivity contribution in [3.05, 3.63) is 65.9 Å². The summed E-state index contributed by atoms with van der Waals surface area (Å²) in [4.78, 5) is 24.7. The first-order chi connectivity index (χ1) is 13.1. The molecule has 1 aromatic heterocycles. The molecule has 1 unspecified atom stereocenters. The quantitative estimate of drug-likeness (QED) is 0.611. The summed E-state index contributed by atoms with van der Waals surface area (Å²) in [5, 5.41) is 3.71. The number of benzene rings is 2. The van der Waals surface area contributed by atoms with Gasteiger partial charge in [0.2, 0.25) is 0 Å². The second-order valence-electron chi connectivity index (χ2n) is 6.45. The summed E-state index contributed by atoms with van der Waals surface area (Å²) in [6, 6.07) is 14.6. The number of carbonyl (C=O) groups excluding carboxylic acids is 2. The number of carbonyl (C=O) groups is 2. The van der Waals surface area contributed by atoms with Crippen LogP contribution in [0.5, 0.6) is 5.75 Å². The van der Waals surface area contributed by atoms with Gasteiger partial charge in [0.15, 0.2) is 0 Å². The molecule has 0 aliphatic carbocycles. The molecule has 3 amide bonds. The van der Waals surface area contributed by atoms with Gasteiger partial charge in [-0.3, -0.25) is 10.2 Å². The van der Waals surface area contributed by atoms with Crippen LogP contribution in [0.25, 0.3) is 10.9 Å². The molecule has 27 heavy (non-hydrogen) atoms. The van der Waals surface area contributed by atoms with Gasteiger partial charge in [-0.25, -0.2) is 10.2 Å². The summed E-state index contributed by atoms with van der Waals surface area (Å²) in [7, 11) is 1.88. The van der Waals surface area contributed by atoms with Crippen LogP contribution < -0.4 is 20.9 Å². The fraction of sp³-hybridized carbons (Fsp3) is 0.200. The Bertz CT molecular complexity index is 1010. The molecule has 0 radical (unpaired) electrons. The van der Waals surface area contributed by atoms with Crippen LogP contribution in [0, 0.1) is 0 Å². The number of nitrogens with zero attached hydrogens (tertiary/aromatic N) is 1. The zero-order valence-corrected chi connectivity index (χ0v) is 14.9. The molecule has 7 heteroatoms. The number of aryl methyl sites for hydroxylation is 1. The van der Waals surface area contributed by atoms with E-state index in [4.69, 9.17) is 4.74 Å². The first-order valence-corrected chi connectivity index (χ1v) is 8.76. The van der Waals surface area contributed by atoms with Gasteiger partial charge in [-0.1, -0.05) is 36.4 Å². The molecule has 0 fully saturated rings. The first-order valence-electron chi connectivity index (χ1n) is 8.76. The second kappa shape index (κ2) is 7.03. The van der Waals surface area contributed by atoms with Gasteiger partial charge in [-0.2, -0.15) is 0 Å². The van der Waals surface area contributed by atoms with Gasteiger partial charge in [-0.15, -0.1) is 0 Å². The lowest BCUT2D eigenvalue weighted by Gasteiger charge is -2.26. The van der Waals surface area contributed by atoms with Crippen molar-refractivity contribution in [2.24, 2.45) is 7.05 Å². The maximum atomic E-state index is 12.5. The highest BCUT2D eigenvalue weighted by Gasteiger charge is 2.23. The maximum absolute atomic E-state index is 12.5. The van der Waals surface area contributed by atoms with Gasteiger partial charge >= 0.3 is 6.03 Å². The largest absolute Gasteiger partial charge is 0.493 e. The third kappa shape index (κ3) is 3.31. The smallest absolute Gasteiger partial charge is 0.333 e. The zero-order valence-electron chi connectivity index (χ0n) is 14.9. The number of rotatable bonds is 2. The van der Waals surface area contributed by atoms with E-state index in [0.29, 0.717) is 18.6 Å². The summed E-state index contributed by atoms with van der Waals surface area (Å²) >= 11 is 0. The lowest BCUT2D eigenvalue weighted by molar-refractivity contribution is 0.0937. The third-order valence-corrected chi connectivity index (χ3v) is 4.69. The minimum absolute atomic E-state index is 0.163. The van der Waals surface area contributed by atoms with Crippen LogP contribution in [0.15, 0.2) is 54.7 Å². The summed E-state index contributed by atoms with van der Waals surface area (Å²) in [5.41, 5.74) is 7.29. The molecule has 0 spiro atoms. The highest BCUT2D eigenvalue weighted by molar-refractivity contribution is 6.07. The number of amides is 3. The Balaban J connectivity index is 1.40. The van der Waals surface area contributed by atoms with Crippen LogP contribution in [-0.2, 0) is 7.05 Å². The summed E-state index contributed by atoms with van der Waals surface area (Å²) in [6.45, 7) is 0.532. The average molecular weight is 364 g/mol. The van der Waals surface area contributed by atoms with Crippen molar-refractivity contribution >= 4 is 22.8 Å². The van der Waals surface area contributed by atoms with Crippen LogP contribution in [-0.4, -0.2) is 23.1 Å². The van der Waals surface area contributed by atoms with E-state index in [1.54, 1.807) is 6.20 Å². The topological polar surface area (TPSA) is 84.4 Å². The van der Waals surface area contributed by atoms with E-state index in [0.717, 1.165) is 22.2 Å². The third-order valence-electron chi connectivity index (χ3n) is 4.69. The van der Waals surface area contributed by atoms with Crippen LogP contribution in [0.4, 0.5) is 4.79 Å². The lowest BCUT2D eigenvalue weighted by atomic mass is 10.0. The van der Waals surface area contributed by atoms with E-state index in [1.807, 2.05) is 60.1 Å². The van der Waals surface area contributed by atoms with E-state index in [2.05, 4.69) is 16.2 Å². The van der Waals surface area contributed by atoms with E-state index < -0.39 is 6.03 Å². The first kappa shape index (κ1) is 17.0. The number of aromatic nitrogens is 1. The van der Waals surface area contributed by atoms with Crippen molar-refractivity contribution < 1.29 is 14.3 Å². The molecular weight excluding hydrogens is 344 g/mol. The lowest BCUT2D eigenvalue weighted by Crippen LogP contribution is -2.48. The number of nitrogens with one attached hydrogen (secondary N) is 3. The standard InChI is InChI=1S/C20H20N4O3/c1-24-12-15(13-6-2-4-8-17(13)24)19(25)22-23-20(26)21-16-10-11-27-18-9-5-3-7-14(16)18/h2-9,12,16H,10-11H2,1H3,(H,22,25)(H2,21,23,26). The molecule has 2 aromatic carbocycles. The van der Waals surface area contributed by atoms with Crippen molar-refractivity contribution in [2.75, 3.05) is 6.61 Å². The Labute approximate surface area is 156 Å². The molecule has 4 rings (SSSR count). The number of hydrogen-bond donors (Lipinski definition) is 3. The predicted molar refractivity (Wildman–Crippen MR) is 101 cm³/mol. The van der Waals surface area contributed by atoms with Crippen molar-refractivity contribution in [3.63, 3.8) is 0 Å². The van der Waals surface area contributed by atoms with E-state index in [1.165, 1.54) is 0 Å². The second-order valence-corrected chi connectivity index (χ2v) is 6.45. The average Bonchev–Trinajstić information content (AvgIpc) is 3.04. The molecule has 1 atom stereocenters. The summed E-state index contributed by atoms with van der Waals surface area (Å²) in [6.07, 6.45) is 2.41. The van der Waals surface area contributed by atoms with Gasteiger partial charge in [-0.05, 0) is 12.1 Å². The number of para-hydroxylation sites is 2. The fourth-order valence-corrected chi connectivity index (χ4v) is 3.39. The van der Waals surface area contributed by atoms with Crippen LogP contribution in [0.2, 0.25) is 0 Å². The van der Waals surface area contributed by atoms with E-state index >= 15 is 0 Å². The molecule has 3 N–H and O–H groups in total. The van der Waals surface area contributed by atoms with Gasteiger partial charge in [0.25, 0.3) is 5.91 Å². The molecule has 0 bridgehead atoms. The Hall–Kier alpha value is -3.48. The van der Waals surface area contributed by atoms with Gasteiger partial charge < -0.3 is 14.6 Å². The molecule has 3 aromatic rings. The molecular formula is C20H20N4O3. The number of urea groups is 1. The summed E-state index contributed by atoms with van der Waals surface area (Å²) in [5.74, 6) is 0.406. The molecule has 1 aliphatic heterocycles. The highest BCUT2D eigenvalue weighted by atomic mass is 16.5. The van der Waals surface area contributed by atoms with Crippen LogP contribution in [0.3, 0.4) is 0 Å². The highest BCUT2D eigenvalue weighted by Crippen LogP contribution is 2.31. The van der Waals surface area contributed by atoms with E-state index in [-0.39, 0.29) is 11.9 Å². The van der Waals surface area contributed by atoms with Crippen molar-refractivity contribution in [2.45, 2.75) is 12.5 Å². The Morgan fingerprint density at radius 1 is 1.07 bits per heavy atom.